The molecule has 0 aliphatic rings. The van der Waals surface area contributed by atoms with Gasteiger partial charge < -0.3 is 18.2 Å². The van der Waals surface area contributed by atoms with Crippen LogP contribution >= 0.6 is 0 Å². The van der Waals surface area contributed by atoms with Gasteiger partial charge in [0.2, 0.25) is 5.89 Å². The van der Waals surface area contributed by atoms with Gasteiger partial charge in [0.25, 0.3) is 0 Å². The van der Waals surface area contributed by atoms with Gasteiger partial charge in [-0.1, -0.05) is 97.1 Å². The number of rotatable bonds is 5. The molecule has 3 heterocycles. The first-order valence-electron chi connectivity index (χ1n) is 17.4. The highest BCUT2D eigenvalue weighted by Crippen LogP contribution is 2.45. The number of furan rings is 2. The molecule has 11 rings (SSSR count). The van der Waals surface area contributed by atoms with E-state index >= 15 is 0 Å². The van der Waals surface area contributed by atoms with E-state index in [2.05, 4.69) is 126 Å². The second-order valence-electron chi connectivity index (χ2n) is 13.1. The standard InChI is InChI=1S/C47H28N2O3/c1-2-11-29(12-3-1)30-14-10-15-32(25-30)49(33-22-24-42-38(27-33)36-17-6-8-19-41(36)50-42)34-21-23-37-44(28-34)51-46-35-16-5-4-13-31(35)26-39(45(37)46)47-48-40-18-7-9-20-43(40)52-47/h1-28H. The van der Waals surface area contributed by atoms with Gasteiger partial charge in [-0.2, -0.15) is 0 Å². The molecule has 52 heavy (non-hydrogen) atoms. The van der Waals surface area contributed by atoms with Crippen molar-refractivity contribution < 1.29 is 13.3 Å². The second-order valence-corrected chi connectivity index (χ2v) is 13.1. The maximum absolute atomic E-state index is 6.86. The first kappa shape index (κ1) is 28.7. The lowest BCUT2D eigenvalue weighted by Gasteiger charge is -2.26. The summed E-state index contributed by atoms with van der Waals surface area (Å²) in [7, 11) is 0. The summed E-state index contributed by atoms with van der Waals surface area (Å²) in [6, 6.07) is 58.6. The van der Waals surface area contributed by atoms with Crippen LogP contribution in [-0.2, 0) is 0 Å². The fraction of sp³-hybridized carbons (Fsp3) is 0. The minimum absolute atomic E-state index is 0.573. The molecule has 0 spiro atoms. The Hall–Kier alpha value is -7.11. The van der Waals surface area contributed by atoms with Crippen LogP contribution in [0.1, 0.15) is 0 Å². The molecule has 244 valence electrons. The number of oxazole rings is 1. The molecule has 0 radical (unpaired) electrons. The van der Waals surface area contributed by atoms with Crippen LogP contribution < -0.4 is 4.90 Å². The molecular formula is C47H28N2O3. The largest absolute Gasteiger partial charge is 0.456 e. The summed E-state index contributed by atoms with van der Waals surface area (Å²) in [6.07, 6.45) is 0. The van der Waals surface area contributed by atoms with Crippen LogP contribution in [0.3, 0.4) is 0 Å². The van der Waals surface area contributed by atoms with E-state index in [1.54, 1.807) is 0 Å². The molecule has 5 nitrogen and oxygen atoms in total. The normalized spacial score (nSPS) is 11.8. The van der Waals surface area contributed by atoms with Gasteiger partial charge in [-0.3, -0.25) is 0 Å². The maximum Gasteiger partial charge on any atom is 0.228 e. The van der Waals surface area contributed by atoms with Gasteiger partial charge in [-0.25, -0.2) is 4.98 Å². The third kappa shape index (κ3) is 4.46. The first-order valence-corrected chi connectivity index (χ1v) is 17.4. The topological polar surface area (TPSA) is 55.6 Å². The summed E-state index contributed by atoms with van der Waals surface area (Å²) in [5, 5.41) is 6.23. The molecule has 0 fully saturated rings. The molecule has 0 bridgehead atoms. The van der Waals surface area contributed by atoms with Crippen LogP contribution in [0.5, 0.6) is 0 Å². The molecule has 0 unspecified atom stereocenters. The van der Waals surface area contributed by atoms with E-state index in [1.165, 1.54) is 0 Å². The number of para-hydroxylation sites is 3. The van der Waals surface area contributed by atoms with Crippen LogP contribution in [-0.4, -0.2) is 4.98 Å². The zero-order chi connectivity index (χ0) is 34.2. The van der Waals surface area contributed by atoms with Gasteiger partial charge in [0.05, 0.1) is 0 Å². The summed E-state index contributed by atoms with van der Waals surface area (Å²) in [4.78, 5) is 7.19. The second kappa shape index (κ2) is 11.2. The van der Waals surface area contributed by atoms with Crippen molar-refractivity contribution in [3.05, 3.63) is 170 Å². The molecule has 0 aliphatic heterocycles. The van der Waals surface area contributed by atoms with Crippen molar-refractivity contribution >= 4 is 82.8 Å². The zero-order valence-corrected chi connectivity index (χ0v) is 27.8. The Morgan fingerprint density at radius 2 is 1.12 bits per heavy atom. The zero-order valence-electron chi connectivity index (χ0n) is 27.8. The lowest BCUT2D eigenvalue weighted by atomic mass is 10.00. The monoisotopic (exact) mass is 668 g/mol. The van der Waals surface area contributed by atoms with Crippen molar-refractivity contribution in [2.24, 2.45) is 0 Å². The SMILES string of the molecule is c1ccc(-c2cccc(N(c3ccc4c(c3)oc3c5ccccc5cc(-c5nc6ccccc6o5)c43)c3ccc4oc5ccccc5c4c3)c2)cc1. The number of hydrogen-bond donors (Lipinski definition) is 0. The lowest BCUT2D eigenvalue weighted by Crippen LogP contribution is -2.10. The van der Waals surface area contributed by atoms with Crippen molar-refractivity contribution in [2.75, 3.05) is 4.90 Å². The van der Waals surface area contributed by atoms with Gasteiger partial charge in [0.15, 0.2) is 5.58 Å². The van der Waals surface area contributed by atoms with Gasteiger partial charge in [0.1, 0.15) is 27.8 Å². The number of anilines is 3. The smallest absolute Gasteiger partial charge is 0.228 e. The van der Waals surface area contributed by atoms with Crippen molar-refractivity contribution in [3.8, 4) is 22.6 Å². The number of nitrogens with zero attached hydrogens (tertiary/aromatic N) is 2. The average Bonchev–Trinajstić information content (AvgIpc) is 3.92. The maximum atomic E-state index is 6.86. The molecule has 0 N–H and O–H groups in total. The van der Waals surface area contributed by atoms with Crippen molar-refractivity contribution in [1.29, 1.82) is 0 Å². The summed E-state index contributed by atoms with van der Waals surface area (Å²) in [5.74, 6) is 0.573. The molecule has 0 aliphatic carbocycles. The molecule has 5 heteroatoms. The fourth-order valence-corrected chi connectivity index (χ4v) is 7.65. The third-order valence-corrected chi connectivity index (χ3v) is 10.1. The Kier molecular flexibility index (Phi) is 6.18. The summed E-state index contributed by atoms with van der Waals surface area (Å²) in [6.45, 7) is 0. The van der Waals surface area contributed by atoms with Crippen LogP contribution in [0.25, 0.3) is 88.3 Å². The Labute approximate surface area is 297 Å². The highest BCUT2D eigenvalue weighted by atomic mass is 16.4. The highest BCUT2D eigenvalue weighted by Gasteiger charge is 2.22. The van der Waals surface area contributed by atoms with Gasteiger partial charge in [-0.05, 0) is 83.2 Å². The van der Waals surface area contributed by atoms with Gasteiger partial charge in [-0.15, -0.1) is 0 Å². The van der Waals surface area contributed by atoms with Gasteiger partial charge in [0, 0.05) is 55.6 Å². The van der Waals surface area contributed by atoms with Crippen molar-refractivity contribution in [2.45, 2.75) is 0 Å². The van der Waals surface area contributed by atoms with Crippen molar-refractivity contribution in [3.63, 3.8) is 0 Å². The molecular weight excluding hydrogens is 641 g/mol. The minimum atomic E-state index is 0.573. The Morgan fingerprint density at radius 3 is 2.02 bits per heavy atom. The number of hydrogen-bond acceptors (Lipinski definition) is 5. The van der Waals surface area contributed by atoms with Gasteiger partial charge >= 0.3 is 0 Å². The molecule has 11 aromatic rings. The molecule has 0 saturated heterocycles. The fourth-order valence-electron chi connectivity index (χ4n) is 7.65. The van der Waals surface area contributed by atoms with Crippen LogP contribution in [0, 0.1) is 0 Å². The molecule has 0 atom stereocenters. The van der Waals surface area contributed by atoms with E-state index in [1.807, 2.05) is 48.5 Å². The number of aromatic nitrogens is 1. The van der Waals surface area contributed by atoms with E-state index < -0.39 is 0 Å². The molecule has 3 aromatic heterocycles. The van der Waals surface area contributed by atoms with E-state index in [-0.39, 0.29) is 0 Å². The number of fused-ring (bicyclic) bond motifs is 9. The Balaban J connectivity index is 1.15. The summed E-state index contributed by atoms with van der Waals surface area (Å²) < 4.78 is 19.4. The van der Waals surface area contributed by atoms with E-state index in [9.17, 15) is 0 Å². The van der Waals surface area contributed by atoms with Crippen LogP contribution in [0.4, 0.5) is 17.1 Å². The molecule has 0 saturated carbocycles. The predicted molar refractivity (Wildman–Crippen MR) is 212 cm³/mol. The average molecular weight is 669 g/mol. The van der Waals surface area contributed by atoms with Crippen LogP contribution in [0.2, 0.25) is 0 Å². The van der Waals surface area contributed by atoms with E-state index in [0.717, 1.165) is 99.5 Å². The molecule has 8 aromatic carbocycles. The predicted octanol–water partition coefficient (Wildman–Crippen LogP) is 13.6. The summed E-state index contributed by atoms with van der Waals surface area (Å²) >= 11 is 0. The van der Waals surface area contributed by atoms with E-state index in [0.29, 0.717) is 5.89 Å². The van der Waals surface area contributed by atoms with Crippen LogP contribution in [0.15, 0.2) is 183 Å². The summed E-state index contributed by atoms with van der Waals surface area (Å²) in [5.41, 5.74) is 11.1. The lowest BCUT2D eigenvalue weighted by molar-refractivity contribution is 0.620. The Bertz CT molecular complexity index is 3120. The first-order chi connectivity index (χ1) is 25.7. The molecule has 0 amide bonds. The quantitative estimate of drug-likeness (QED) is 0.183. The Morgan fingerprint density at radius 1 is 0.404 bits per heavy atom. The number of benzene rings is 8. The highest BCUT2D eigenvalue weighted by molar-refractivity contribution is 6.21. The van der Waals surface area contributed by atoms with Crippen molar-refractivity contribution in [1.82, 2.24) is 4.98 Å². The minimum Gasteiger partial charge on any atom is -0.456 e. The third-order valence-electron chi connectivity index (χ3n) is 10.1. The van der Waals surface area contributed by atoms with E-state index in [4.69, 9.17) is 18.2 Å².